The zero-order valence-electron chi connectivity index (χ0n) is 22.9. The van der Waals surface area contributed by atoms with Crippen molar-refractivity contribution in [1.82, 2.24) is 20.8 Å². The highest BCUT2D eigenvalue weighted by molar-refractivity contribution is 7.99. The van der Waals surface area contributed by atoms with Crippen LogP contribution in [0.2, 0.25) is 0 Å². The van der Waals surface area contributed by atoms with E-state index in [2.05, 4.69) is 47.0 Å². The van der Waals surface area contributed by atoms with Crippen molar-refractivity contribution in [3.8, 4) is 0 Å². The molecule has 2 saturated heterocycles. The van der Waals surface area contributed by atoms with E-state index in [1.165, 1.54) is 14.0 Å². The minimum atomic E-state index is -0.132. The predicted molar refractivity (Wildman–Crippen MR) is 152 cm³/mol. The molecule has 11 heteroatoms. The third kappa shape index (κ3) is 8.16. The van der Waals surface area contributed by atoms with Crippen LogP contribution in [0.3, 0.4) is 0 Å². The first-order chi connectivity index (χ1) is 18.4. The SMILES string of the molecule is CC=O.CCc1c(/N=C2\CC(C)NN2)nc(Sc2ccc(NC)cc2)nc1N1CCC(CC(=O)OC)CC1. The van der Waals surface area contributed by atoms with Crippen molar-refractivity contribution in [2.24, 2.45) is 10.9 Å². The van der Waals surface area contributed by atoms with E-state index < -0.39 is 0 Å². The minimum Gasteiger partial charge on any atom is -0.469 e. The lowest BCUT2D eigenvalue weighted by atomic mass is 9.93. The molecule has 10 nitrogen and oxygen atoms in total. The Bertz CT molecular complexity index is 1100. The van der Waals surface area contributed by atoms with Gasteiger partial charge in [-0.3, -0.25) is 4.79 Å². The van der Waals surface area contributed by atoms with Crippen LogP contribution in [0.5, 0.6) is 0 Å². The number of carbonyl (C=O) groups is 2. The van der Waals surface area contributed by atoms with Gasteiger partial charge in [0.15, 0.2) is 11.0 Å². The summed E-state index contributed by atoms with van der Waals surface area (Å²) in [5.41, 5.74) is 8.52. The zero-order chi connectivity index (χ0) is 27.5. The molecule has 0 radical (unpaired) electrons. The molecule has 2 aliphatic heterocycles. The summed E-state index contributed by atoms with van der Waals surface area (Å²) < 4.78 is 4.87. The van der Waals surface area contributed by atoms with Gasteiger partial charge >= 0.3 is 5.97 Å². The number of hydrazine groups is 1. The summed E-state index contributed by atoms with van der Waals surface area (Å²) >= 11 is 1.55. The second-order valence-electron chi connectivity index (χ2n) is 9.24. The van der Waals surface area contributed by atoms with Gasteiger partial charge < -0.3 is 25.2 Å². The first kappa shape index (κ1) is 29.4. The molecule has 3 heterocycles. The average Bonchev–Trinajstić information content (AvgIpc) is 3.34. The molecule has 0 amide bonds. The number of rotatable bonds is 8. The molecule has 0 spiro atoms. The summed E-state index contributed by atoms with van der Waals surface area (Å²) in [6.45, 7) is 7.39. The summed E-state index contributed by atoms with van der Waals surface area (Å²) in [7, 11) is 3.36. The topological polar surface area (TPSA) is 121 Å². The normalized spacial score (nSPS) is 18.4. The first-order valence-electron chi connectivity index (χ1n) is 13.1. The summed E-state index contributed by atoms with van der Waals surface area (Å²) in [6.07, 6.45) is 4.71. The molecule has 206 valence electrons. The largest absolute Gasteiger partial charge is 0.469 e. The number of hydrogen-bond acceptors (Lipinski definition) is 10. The Kier molecular flexibility index (Phi) is 11.3. The first-order valence-corrected chi connectivity index (χ1v) is 13.9. The van der Waals surface area contributed by atoms with Crippen LogP contribution in [-0.4, -0.2) is 61.3 Å². The Morgan fingerprint density at radius 3 is 2.50 bits per heavy atom. The van der Waals surface area contributed by atoms with E-state index in [1.807, 2.05) is 19.2 Å². The van der Waals surface area contributed by atoms with E-state index >= 15 is 0 Å². The van der Waals surface area contributed by atoms with Crippen LogP contribution < -0.4 is 21.1 Å². The second-order valence-corrected chi connectivity index (χ2v) is 10.3. The molecule has 1 unspecified atom stereocenters. The van der Waals surface area contributed by atoms with Gasteiger partial charge in [-0.15, -0.1) is 0 Å². The van der Waals surface area contributed by atoms with E-state index in [0.29, 0.717) is 23.5 Å². The maximum absolute atomic E-state index is 11.7. The minimum absolute atomic E-state index is 0.132. The van der Waals surface area contributed by atoms with Gasteiger partial charge in [-0.05, 0) is 75.1 Å². The fourth-order valence-electron chi connectivity index (χ4n) is 4.42. The summed E-state index contributed by atoms with van der Waals surface area (Å²) in [5.74, 6) is 2.78. The Labute approximate surface area is 229 Å². The van der Waals surface area contributed by atoms with Gasteiger partial charge in [-0.1, -0.05) is 6.92 Å². The quantitative estimate of drug-likeness (QED) is 0.255. The van der Waals surface area contributed by atoms with Crippen LogP contribution >= 0.6 is 11.8 Å². The van der Waals surface area contributed by atoms with E-state index in [9.17, 15) is 4.79 Å². The number of ether oxygens (including phenoxy) is 1. The van der Waals surface area contributed by atoms with Crippen LogP contribution in [0.1, 0.15) is 52.0 Å². The number of aldehydes is 1. The van der Waals surface area contributed by atoms with E-state index in [1.54, 1.807) is 11.8 Å². The van der Waals surface area contributed by atoms with Crippen LogP contribution in [-0.2, 0) is 20.7 Å². The van der Waals surface area contributed by atoms with Gasteiger partial charge in [-0.25, -0.2) is 20.4 Å². The van der Waals surface area contributed by atoms with Gasteiger partial charge in [0.05, 0.1) is 7.11 Å². The number of nitrogens with one attached hydrogen (secondary N) is 3. The highest BCUT2D eigenvalue weighted by atomic mass is 32.2. The number of esters is 1. The van der Waals surface area contributed by atoms with Crippen molar-refractivity contribution >= 4 is 47.2 Å². The third-order valence-corrected chi connectivity index (χ3v) is 7.32. The Morgan fingerprint density at radius 2 is 1.95 bits per heavy atom. The molecule has 38 heavy (non-hydrogen) atoms. The predicted octanol–water partition coefficient (Wildman–Crippen LogP) is 4.13. The highest BCUT2D eigenvalue weighted by Crippen LogP contribution is 2.35. The lowest BCUT2D eigenvalue weighted by Crippen LogP contribution is -2.36. The summed E-state index contributed by atoms with van der Waals surface area (Å²) in [6, 6.07) is 8.56. The molecule has 2 fully saturated rings. The molecule has 0 bridgehead atoms. The van der Waals surface area contributed by atoms with E-state index in [0.717, 1.165) is 78.7 Å². The van der Waals surface area contributed by atoms with Crippen molar-refractivity contribution < 1.29 is 14.3 Å². The number of piperidine rings is 1. The Balaban J connectivity index is 0.00000127. The summed E-state index contributed by atoms with van der Waals surface area (Å²) in [5, 5.41) is 3.84. The van der Waals surface area contributed by atoms with Crippen molar-refractivity contribution in [2.75, 3.05) is 37.5 Å². The fourth-order valence-corrected chi connectivity index (χ4v) is 5.17. The lowest BCUT2D eigenvalue weighted by Gasteiger charge is -2.33. The molecule has 1 aromatic heterocycles. The number of amidine groups is 1. The molecule has 2 aromatic rings. The van der Waals surface area contributed by atoms with Gasteiger partial charge in [0.25, 0.3) is 0 Å². The van der Waals surface area contributed by atoms with Crippen LogP contribution in [0.25, 0.3) is 0 Å². The molecule has 2 aliphatic rings. The smallest absolute Gasteiger partial charge is 0.305 e. The fraction of sp³-hybridized carbons (Fsp3) is 0.519. The third-order valence-electron chi connectivity index (χ3n) is 6.45. The molecule has 4 rings (SSSR count). The standard InChI is InChI=1S/C25H35N7O2S.C2H4O/c1-5-20-23(27-21-14-16(2)30-31-21)28-25(35-19-8-6-18(26-3)7-9-19)29-24(20)32-12-10-17(11-13-32)15-22(33)34-4;1-2-3/h6-9,16-17,26,30H,5,10-15H2,1-4H3,(H,27,28,29,31);2H,1H3. The number of aromatic nitrogens is 2. The molecule has 1 atom stereocenters. The van der Waals surface area contributed by atoms with Crippen molar-refractivity contribution in [1.29, 1.82) is 0 Å². The maximum Gasteiger partial charge on any atom is 0.305 e. The number of anilines is 2. The van der Waals surface area contributed by atoms with Gasteiger partial charge in [0.2, 0.25) is 0 Å². The van der Waals surface area contributed by atoms with E-state index in [-0.39, 0.29) is 5.97 Å². The monoisotopic (exact) mass is 541 g/mol. The molecule has 1 aromatic carbocycles. The number of benzene rings is 1. The second kappa shape index (κ2) is 14.7. The number of methoxy groups -OCH3 is 1. The van der Waals surface area contributed by atoms with Crippen molar-refractivity contribution in [2.45, 2.75) is 69.0 Å². The Hall–Kier alpha value is -3.18. The Morgan fingerprint density at radius 1 is 1.26 bits per heavy atom. The molecule has 0 saturated carbocycles. The number of nitrogens with zero attached hydrogens (tertiary/aromatic N) is 4. The zero-order valence-corrected chi connectivity index (χ0v) is 23.7. The molecule has 3 N–H and O–H groups in total. The van der Waals surface area contributed by atoms with Gasteiger partial charge in [-0.2, -0.15) is 0 Å². The number of hydrogen-bond donors (Lipinski definition) is 3. The highest BCUT2D eigenvalue weighted by Gasteiger charge is 2.26. The summed E-state index contributed by atoms with van der Waals surface area (Å²) in [4.78, 5) is 38.8. The lowest BCUT2D eigenvalue weighted by molar-refractivity contribution is -0.141. The molecular formula is C27H39N7O3S. The van der Waals surface area contributed by atoms with E-state index in [4.69, 9.17) is 24.5 Å². The molecular weight excluding hydrogens is 502 g/mol. The number of carbonyl (C=O) groups excluding carboxylic acids is 2. The molecule has 0 aliphatic carbocycles. The van der Waals surface area contributed by atoms with Crippen LogP contribution in [0.15, 0.2) is 39.3 Å². The average molecular weight is 542 g/mol. The van der Waals surface area contributed by atoms with Crippen molar-refractivity contribution in [3.63, 3.8) is 0 Å². The van der Waals surface area contributed by atoms with Crippen LogP contribution in [0.4, 0.5) is 17.3 Å². The number of aliphatic imine (C=N–C) groups is 1. The van der Waals surface area contributed by atoms with Crippen LogP contribution in [0, 0.1) is 5.92 Å². The van der Waals surface area contributed by atoms with Gasteiger partial charge in [0, 0.05) is 55.2 Å². The van der Waals surface area contributed by atoms with Gasteiger partial charge in [0.1, 0.15) is 17.9 Å². The maximum atomic E-state index is 11.7. The van der Waals surface area contributed by atoms with Crippen molar-refractivity contribution in [3.05, 3.63) is 29.8 Å².